The van der Waals surface area contributed by atoms with E-state index in [2.05, 4.69) is 22.3 Å². The number of nitrogens with one attached hydrogen (secondary N) is 2. The molecule has 0 aliphatic carbocycles. The lowest BCUT2D eigenvalue weighted by Crippen LogP contribution is -3.13. The maximum Gasteiger partial charge on any atom is 0.228 e. The minimum absolute atomic E-state index is 0.0145. The first kappa shape index (κ1) is 20.1. The maximum atomic E-state index is 13.9. The lowest BCUT2D eigenvalue weighted by atomic mass is 10.1. The number of amides is 1. The molecule has 0 spiro atoms. The van der Waals surface area contributed by atoms with Gasteiger partial charge in [0.2, 0.25) is 5.91 Å². The average Bonchev–Trinajstić information content (AvgIpc) is 2.77. The summed E-state index contributed by atoms with van der Waals surface area (Å²) in [7, 11) is 0. The van der Waals surface area contributed by atoms with Gasteiger partial charge >= 0.3 is 0 Å². The number of hydrogen-bond acceptors (Lipinski definition) is 2. The number of rotatable bonds is 6. The largest absolute Gasteiger partial charge is 0.360 e. The summed E-state index contributed by atoms with van der Waals surface area (Å²) in [5, 5.41) is 2.96. The summed E-state index contributed by atoms with van der Waals surface area (Å²) in [4.78, 5) is 16.0. The van der Waals surface area contributed by atoms with Crippen molar-refractivity contribution in [2.24, 2.45) is 0 Å². The summed E-state index contributed by atoms with van der Waals surface area (Å²) >= 11 is 0. The molecule has 3 aromatic carbocycles. The predicted molar refractivity (Wildman–Crippen MR) is 118 cm³/mol. The molecule has 1 fully saturated rings. The highest BCUT2D eigenvalue weighted by molar-refractivity contribution is 5.92. The van der Waals surface area contributed by atoms with Crippen LogP contribution in [0.5, 0.6) is 0 Å². The second kappa shape index (κ2) is 9.55. The van der Waals surface area contributed by atoms with Gasteiger partial charge in [-0.2, -0.15) is 0 Å². The highest BCUT2D eigenvalue weighted by Gasteiger charge is 2.21. The molecule has 30 heavy (non-hydrogen) atoms. The Bertz CT molecular complexity index is 967. The van der Waals surface area contributed by atoms with Gasteiger partial charge in [-0.05, 0) is 35.9 Å². The fourth-order valence-corrected chi connectivity index (χ4v) is 3.91. The molecule has 1 aliphatic rings. The Hall–Kier alpha value is -3.18. The number of nitrogens with zero attached hydrogens (tertiary/aromatic N) is 1. The SMILES string of the molecule is O=C(Cc1ccccc1)Nc1ccc(N2CC[NH+](Cc3ccccc3F)CC2)cc1. The van der Waals surface area contributed by atoms with Crippen molar-refractivity contribution in [3.05, 3.63) is 95.8 Å². The van der Waals surface area contributed by atoms with Gasteiger partial charge in [0.05, 0.1) is 32.6 Å². The van der Waals surface area contributed by atoms with E-state index in [4.69, 9.17) is 0 Å². The molecule has 154 valence electrons. The average molecular weight is 405 g/mol. The molecule has 1 saturated heterocycles. The Balaban J connectivity index is 1.27. The van der Waals surface area contributed by atoms with Crippen LogP contribution in [0.3, 0.4) is 0 Å². The third kappa shape index (κ3) is 5.24. The van der Waals surface area contributed by atoms with E-state index in [1.54, 1.807) is 6.07 Å². The summed E-state index contributed by atoms with van der Waals surface area (Å²) in [5.41, 5.74) is 3.75. The molecular formula is C25H27FN3O+. The van der Waals surface area contributed by atoms with Gasteiger partial charge in [0, 0.05) is 16.9 Å². The number of quaternary nitrogens is 1. The topological polar surface area (TPSA) is 36.8 Å². The molecule has 0 radical (unpaired) electrons. The molecule has 1 heterocycles. The molecule has 4 nitrogen and oxygen atoms in total. The number of carbonyl (C=O) groups excluding carboxylic acids is 1. The Morgan fingerprint density at radius 3 is 2.27 bits per heavy atom. The van der Waals surface area contributed by atoms with Crippen molar-refractivity contribution in [3.63, 3.8) is 0 Å². The maximum absolute atomic E-state index is 13.9. The zero-order chi connectivity index (χ0) is 20.8. The van der Waals surface area contributed by atoms with Crippen molar-refractivity contribution in [3.8, 4) is 0 Å². The van der Waals surface area contributed by atoms with E-state index in [1.807, 2.05) is 54.6 Å². The summed E-state index contributed by atoms with van der Waals surface area (Å²) in [6.45, 7) is 4.55. The second-order valence-electron chi connectivity index (χ2n) is 7.76. The van der Waals surface area contributed by atoms with Crippen molar-refractivity contribution < 1.29 is 14.1 Å². The van der Waals surface area contributed by atoms with E-state index in [0.717, 1.165) is 55.2 Å². The summed E-state index contributed by atoms with van der Waals surface area (Å²) in [5.74, 6) is -0.128. The van der Waals surface area contributed by atoms with Crippen LogP contribution in [-0.4, -0.2) is 32.1 Å². The van der Waals surface area contributed by atoms with Crippen LogP contribution in [0.2, 0.25) is 0 Å². The Kier molecular flexibility index (Phi) is 6.40. The molecule has 4 rings (SSSR count). The summed E-state index contributed by atoms with van der Waals surface area (Å²) in [6, 6.07) is 24.8. The fraction of sp³-hybridized carbons (Fsp3) is 0.240. The number of benzene rings is 3. The summed E-state index contributed by atoms with van der Waals surface area (Å²) in [6.07, 6.45) is 0.370. The molecule has 0 unspecified atom stereocenters. The third-order valence-corrected chi connectivity index (χ3v) is 5.59. The highest BCUT2D eigenvalue weighted by Crippen LogP contribution is 2.18. The Morgan fingerprint density at radius 2 is 1.57 bits per heavy atom. The van der Waals surface area contributed by atoms with Crippen molar-refractivity contribution in [1.82, 2.24) is 0 Å². The molecule has 0 bridgehead atoms. The first-order valence-corrected chi connectivity index (χ1v) is 10.4. The Labute approximate surface area is 176 Å². The predicted octanol–water partition coefficient (Wildman–Crippen LogP) is 2.91. The van der Waals surface area contributed by atoms with Crippen LogP contribution >= 0.6 is 0 Å². The van der Waals surface area contributed by atoms with Gasteiger partial charge in [0.1, 0.15) is 12.4 Å². The molecule has 2 N–H and O–H groups in total. The number of halogens is 1. The van der Waals surface area contributed by atoms with Gasteiger partial charge in [-0.3, -0.25) is 4.79 Å². The fourth-order valence-electron chi connectivity index (χ4n) is 3.91. The van der Waals surface area contributed by atoms with E-state index < -0.39 is 0 Å². The van der Waals surface area contributed by atoms with Crippen LogP contribution in [-0.2, 0) is 17.8 Å². The smallest absolute Gasteiger partial charge is 0.228 e. The zero-order valence-corrected chi connectivity index (χ0v) is 17.0. The summed E-state index contributed by atoms with van der Waals surface area (Å²) < 4.78 is 13.9. The van der Waals surface area contributed by atoms with Gasteiger partial charge in [0.15, 0.2) is 0 Å². The molecule has 0 saturated carbocycles. The number of carbonyl (C=O) groups is 1. The lowest BCUT2D eigenvalue weighted by Gasteiger charge is -2.33. The van der Waals surface area contributed by atoms with Crippen LogP contribution in [0.4, 0.5) is 15.8 Å². The monoisotopic (exact) mass is 404 g/mol. The first-order valence-electron chi connectivity index (χ1n) is 10.4. The van der Waals surface area contributed by atoms with E-state index in [-0.39, 0.29) is 11.7 Å². The van der Waals surface area contributed by atoms with Crippen LogP contribution in [0.1, 0.15) is 11.1 Å². The molecule has 0 aromatic heterocycles. The lowest BCUT2D eigenvalue weighted by molar-refractivity contribution is -0.914. The first-order chi connectivity index (χ1) is 14.7. The van der Waals surface area contributed by atoms with Crippen LogP contribution < -0.4 is 15.1 Å². The minimum atomic E-state index is -0.114. The van der Waals surface area contributed by atoms with Crippen LogP contribution in [0.15, 0.2) is 78.9 Å². The second-order valence-corrected chi connectivity index (χ2v) is 7.76. The number of piperazine rings is 1. The van der Waals surface area contributed by atoms with Crippen molar-refractivity contribution in [2.75, 3.05) is 36.4 Å². The standard InChI is InChI=1S/C25H26FN3O/c26-24-9-5-4-8-21(24)19-28-14-16-29(17-15-28)23-12-10-22(11-13-23)27-25(30)18-20-6-2-1-3-7-20/h1-13H,14-19H2,(H,27,30)/p+1. The number of hydrogen-bond donors (Lipinski definition) is 2. The zero-order valence-electron chi connectivity index (χ0n) is 17.0. The molecule has 1 amide bonds. The van der Waals surface area contributed by atoms with Gasteiger partial charge in [-0.25, -0.2) is 4.39 Å². The van der Waals surface area contributed by atoms with Gasteiger partial charge in [0.25, 0.3) is 0 Å². The van der Waals surface area contributed by atoms with E-state index in [9.17, 15) is 9.18 Å². The van der Waals surface area contributed by atoms with Crippen molar-refractivity contribution >= 4 is 17.3 Å². The normalized spacial score (nSPS) is 14.5. The van der Waals surface area contributed by atoms with Crippen molar-refractivity contribution in [1.29, 1.82) is 0 Å². The van der Waals surface area contributed by atoms with E-state index in [1.165, 1.54) is 11.0 Å². The van der Waals surface area contributed by atoms with E-state index >= 15 is 0 Å². The van der Waals surface area contributed by atoms with Gasteiger partial charge in [-0.1, -0.05) is 48.5 Å². The molecular weight excluding hydrogens is 377 g/mol. The molecule has 5 heteroatoms. The van der Waals surface area contributed by atoms with Gasteiger partial charge < -0.3 is 15.1 Å². The minimum Gasteiger partial charge on any atom is -0.360 e. The highest BCUT2D eigenvalue weighted by atomic mass is 19.1. The molecule has 1 aliphatic heterocycles. The number of anilines is 2. The third-order valence-electron chi connectivity index (χ3n) is 5.59. The quantitative estimate of drug-likeness (QED) is 0.663. The van der Waals surface area contributed by atoms with Crippen molar-refractivity contribution in [2.45, 2.75) is 13.0 Å². The van der Waals surface area contributed by atoms with E-state index in [0.29, 0.717) is 6.42 Å². The molecule has 3 aromatic rings. The molecule has 0 atom stereocenters. The Morgan fingerprint density at radius 1 is 0.900 bits per heavy atom. The van der Waals surface area contributed by atoms with Gasteiger partial charge in [-0.15, -0.1) is 0 Å². The van der Waals surface area contributed by atoms with Crippen LogP contribution in [0, 0.1) is 5.82 Å². The van der Waals surface area contributed by atoms with Crippen LogP contribution in [0.25, 0.3) is 0 Å².